The van der Waals surface area contributed by atoms with Gasteiger partial charge in [0.25, 0.3) is 0 Å². The molecule has 25 heavy (non-hydrogen) atoms. The smallest absolute Gasteiger partial charge is 0.399 e. The van der Waals surface area contributed by atoms with E-state index in [2.05, 4.69) is 63.4 Å². The van der Waals surface area contributed by atoms with Gasteiger partial charge in [-0.3, -0.25) is 0 Å². The first-order chi connectivity index (χ1) is 11.8. The van der Waals surface area contributed by atoms with Crippen LogP contribution in [0.4, 0.5) is 0 Å². The van der Waals surface area contributed by atoms with Gasteiger partial charge in [0.1, 0.15) is 0 Å². The normalized spacial score (nSPS) is 30.2. The number of nitrogens with one attached hydrogen (secondary N) is 1. The third-order valence-corrected chi connectivity index (χ3v) is 5.92. The molecule has 3 heterocycles. The summed E-state index contributed by atoms with van der Waals surface area (Å²) in [5.74, 6) is 0. The van der Waals surface area contributed by atoms with Gasteiger partial charge in [0.2, 0.25) is 0 Å². The molecule has 1 N–H and O–H groups in total. The van der Waals surface area contributed by atoms with E-state index in [0.717, 1.165) is 31.5 Å². The predicted molar refractivity (Wildman–Crippen MR) is 100 cm³/mol. The first-order valence-electron chi connectivity index (χ1n) is 9.30. The number of fused-ring (bicyclic) bond motifs is 2. The molecule has 2 atom stereocenters. The van der Waals surface area contributed by atoms with Crippen molar-refractivity contribution in [1.82, 2.24) is 5.32 Å². The summed E-state index contributed by atoms with van der Waals surface area (Å²) < 4.78 is 18.0. The Morgan fingerprint density at radius 1 is 1.12 bits per heavy atom. The van der Waals surface area contributed by atoms with E-state index in [1.807, 2.05) is 0 Å². The van der Waals surface area contributed by atoms with Crippen molar-refractivity contribution < 1.29 is 14.0 Å². The largest absolute Gasteiger partial charge is 0.494 e. The maximum atomic E-state index is 6.19. The van der Waals surface area contributed by atoms with E-state index in [4.69, 9.17) is 14.0 Å². The highest BCUT2D eigenvalue weighted by molar-refractivity contribution is 6.62. The Balaban J connectivity index is 1.50. The van der Waals surface area contributed by atoms with Crippen LogP contribution < -0.4 is 10.8 Å². The van der Waals surface area contributed by atoms with Crippen molar-refractivity contribution in [2.24, 2.45) is 0 Å². The van der Waals surface area contributed by atoms with E-state index in [-0.39, 0.29) is 18.3 Å². The van der Waals surface area contributed by atoms with Crippen molar-refractivity contribution in [2.45, 2.75) is 63.8 Å². The molecule has 1 aromatic rings. The van der Waals surface area contributed by atoms with Gasteiger partial charge in [-0.05, 0) is 51.6 Å². The Bertz CT molecular complexity index is 669. The summed E-state index contributed by atoms with van der Waals surface area (Å²) in [7, 11) is -0.292. The second-order valence-corrected chi connectivity index (χ2v) is 8.55. The van der Waals surface area contributed by atoms with Gasteiger partial charge >= 0.3 is 7.12 Å². The fourth-order valence-corrected chi connectivity index (χ4v) is 3.84. The highest BCUT2D eigenvalue weighted by Crippen LogP contribution is 2.36. The summed E-state index contributed by atoms with van der Waals surface area (Å²) in [6.07, 6.45) is 4.40. The molecule has 0 aliphatic carbocycles. The zero-order valence-corrected chi connectivity index (χ0v) is 15.7. The van der Waals surface area contributed by atoms with E-state index in [1.165, 1.54) is 11.1 Å². The van der Waals surface area contributed by atoms with Crippen LogP contribution in [-0.2, 0) is 20.5 Å². The van der Waals surface area contributed by atoms with Gasteiger partial charge in [0.15, 0.2) is 0 Å². The van der Waals surface area contributed by atoms with E-state index in [0.29, 0.717) is 12.1 Å². The fraction of sp³-hybridized carbons (Fsp3) is 0.600. The molecule has 0 aromatic heterocycles. The standard InChI is InChI=1S/C20H28BNO3/c1-19(2)20(3,4)25-21(24-19)16-7-5-6-14(9-16)8-15-10-17-12-23-13-18(11-15)22-17/h5-7,9-10,17-18,22H,8,11-13H2,1-4H3. The Morgan fingerprint density at radius 3 is 2.60 bits per heavy atom. The van der Waals surface area contributed by atoms with Crippen molar-refractivity contribution in [3.63, 3.8) is 0 Å². The molecule has 2 bridgehead atoms. The lowest BCUT2D eigenvalue weighted by Gasteiger charge is -2.35. The van der Waals surface area contributed by atoms with Crippen LogP contribution in [0.15, 0.2) is 35.9 Å². The molecule has 1 aromatic carbocycles. The highest BCUT2D eigenvalue weighted by atomic mass is 16.7. The van der Waals surface area contributed by atoms with Crippen LogP contribution in [0.3, 0.4) is 0 Å². The average molecular weight is 341 g/mol. The zero-order valence-electron chi connectivity index (χ0n) is 15.7. The summed E-state index contributed by atoms with van der Waals surface area (Å²) >= 11 is 0. The molecular weight excluding hydrogens is 313 g/mol. The van der Waals surface area contributed by atoms with E-state index in [1.54, 1.807) is 0 Å². The molecule has 2 saturated heterocycles. The first kappa shape index (κ1) is 17.3. The molecule has 0 saturated carbocycles. The van der Waals surface area contributed by atoms with Gasteiger partial charge in [-0.1, -0.05) is 35.9 Å². The minimum absolute atomic E-state index is 0.292. The topological polar surface area (TPSA) is 39.7 Å². The van der Waals surface area contributed by atoms with E-state index in [9.17, 15) is 0 Å². The average Bonchev–Trinajstić information content (AvgIpc) is 2.75. The van der Waals surface area contributed by atoms with Crippen LogP contribution in [0, 0.1) is 0 Å². The lowest BCUT2D eigenvalue weighted by molar-refractivity contribution is 0.00578. The lowest BCUT2D eigenvalue weighted by Crippen LogP contribution is -2.50. The molecule has 2 unspecified atom stereocenters. The van der Waals surface area contributed by atoms with Crippen molar-refractivity contribution in [3.8, 4) is 0 Å². The SMILES string of the molecule is CC1(C)OB(c2cccc(CC3=CC4COCC(C3)N4)c2)OC1(C)C. The molecule has 0 spiro atoms. The minimum atomic E-state index is -0.303. The quantitative estimate of drug-likeness (QED) is 0.676. The summed E-state index contributed by atoms with van der Waals surface area (Å²) in [6.45, 7) is 9.99. The lowest BCUT2D eigenvalue weighted by atomic mass is 9.78. The highest BCUT2D eigenvalue weighted by Gasteiger charge is 2.51. The molecular formula is C20H28BNO3. The molecule has 4 nitrogen and oxygen atoms in total. The van der Waals surface area contributed by atoms with Crippen molar-refractivity contribution >= 4 is 12.6 Å². The Hall–Kier alpha value is -1.14. The molecule has 0 radical (unpaired) electrons. The number of morpholine rings is 1. The summed E-state index contributed by atoms with van der Waals surface area (Å²) in [5, 5.41) is 3.60. The monoisotopic (exact) mass is 341 g/mol. The van der Waals surface area contributed by atoms with E-state index >= 15 is 0 Å². The van der Waals surface area contributed by atoms with Crippen molar-refractivity contribution in [3.05, 3.63) is 41.5 Å². The molecule has 0 amide bonds. The number of benzene rings is 1. The van der Waals surface area contributed by atoms with Crippen LogP contribution >= 0.6 is 0 Å². The van der Waals surface area contributed by atoms with Crippen LogP contribution in [-0.4, -0.2) is 43.6 Å². The molecule has 2 fully saturated rings. The number of hydrogen-bond acceptors (Lipinski definition) is 4. The summed E-state index contributed by atoms with van der Waals surface area (Å²) in [5.41, 5.74) is 3.32. The minimum Gasteiger partial charge on any atom is -0.399 e. The van der Waals surface area contributed by atoms with Crippen LogP contribution in [0.25, 0.3) is 0 Å². The third-order valence-electron chi connectivity index (χ3n) is 5.92. The fourth-order valence-electron chi connectivity index (χ4n) is 3.84. The predicted octanol–water partition coefficient (Wildman–Crippen LogP) is 2.22. The first-order valence-corrected chi connectivity index (χ1v) is 9.30. The van der Waals surface area contributed by atoms with Gasteiger partial charge in [0, 0.05) is 12.1 Å². The maximum absolute atomic E-state index is 6.19. The Labute approximate surface area is 151 Å². The number of ether oxygens (including phenoxy) is 1. The molecule has 3 aliphatic rings. The maximum Gasteiger partial charge on any atom is 0.494 e. The van der Waals surface area contributed by atoms with Crippen LogP contribution in [0.5, 0.6) is 0 Å². The van der Waals surface area contributed by atoms with Gasteiger partial charge < -0.3 is 19.4 Å². The zero-order chi connectivity index (χ0) is 17.7. The molecule has 134 valence electrons. The van der Waals surface area contributed by atoms with Crippen molar-refractivity contribution in [2.75, 3.05) is 13.2 Å². The van der Waals surface area contributed by atoms with Gasteiger partial charge in [-0.15, -0.1) is 0 Å². The van der Waals surface area contributed by atoms with Gasteiger partial charge in [-0.2, -0.15) is 0 Å². The van der Waals surface area contributed by atoms with Crippen molar-refractivity contribution in [1.29, 1.82) is 0 Å². The number of hydrogen-bond donors (Lipinski definition) is 1. The second-order valence-electron chi connectivity index (χ2n) is 8.55. The Kier molecular flexibility index (Phi) is 4.31. The number of rotatable bonds is 3. The molecule has 4 rings (SSSR count). The van der Waals surface area contributed by atoms with Gasteiger partial charge in [0.05, 0.1) is 24.4 Å². The van der Waals surface area contributed by atoms with Gasteiger partial charge in [-0.25, -0.2) is 0 Å². The Morgan fingerprint density at radius 2 is 1.88 bits per heavy atom. The molecule has 3 aliphatic heterocycles. The molecule has 5 heteroatoms. The second kappa shape index (κ2) is 6.24. The summed E-state index contributed by atoms with van der Waals surface area (Å²) in [6, 6.07) is 9.48. The summed E-state index contributed by atoms with van der Waals surface area (Å²) in [4.78, 5) is 0. The third kappa shape index (κ3) is 3.43. The van der Waals surface area contributed by atoms with Crippen LogP contribution in [0.2, 0.25) is 0 Å². The van der Waals surface area contributed by atoms with E-state index < -0.39 is 0 Å². The van der Waals surface area contributed by atoms with Crippen LogP contribution in [0.1, 0.15) is 39.7 Å².